The standard InChI is InChI=1S/C16H13Cl2NO2/c17-12-6-4-9(8-13(12)18)14-7-5-10-11(16(20)21)2-1-3-15(10)19-14/h4-8,11H,1-3H2,(H,20,21). The highest BCUT2D eigenvalue weighted by molar-refractivity contribution is 6.42. The highest BCUT2D eigenvalue weighted by Gasteiger charge is 2.27. The Morgan fingerprint density at radius 2 is 2.00 bits per heavy atom. The fourth-order valence-electron chi connectivity index (χ4n) is 2.73. The molecule has 1 aliphatic carbocycles. The number of aliphatic carboxylic acids is 1. The Bertz CT molecular complexity index is 715. The number of aryl methyl sites for hydroxylation is 1. The van der Waals surface area contributed by atoms with Crippen LogP contribution in [0.15, 0.2) is 30.3 Å². The SMILES string of the molecule is O=C(O)C1CCCc2nc(-c3ccc(Cl)c(Cl)c3)ccc21. The van der Waals surface area contributed by atoms with Crippen LogP contribution in [0.1, 0.15) is 30.0 Å². The van der Waals surface area contributed by atoms with Gasteiger partial charge in [-0.15, -0.1) is 0 Å². The molecule has 1 unspecified atom stereocenters. The van der Waals surface area contributed by atoms with Gasteiger partial charge in [-0.1, -0.05) is 35.3 Å². The lowest BCUT2D eigenvalue weighted by atomic mass is 9.85. The van der Waals surface area contributed by atoms with E-state index in [9.17, 15) is 9.90 Å². The van der Waals surface area contributed by atoms with Gasteiger partial charge in [0.2, 0.25) is 0 Å². The van der Waals surface area contributed by atoms with Crippen molar-refractivity contribution in [1.29, 1.82) is 0 Å². The summed E-state index contributed by atoms with van der Waals surface area (Å²) in [7, 11) is 0. The average molecular weight is 322 g/mol. The minimum absolute atomic E-state index is 0.441. The largest absolute Gasteiger partial charge is 0.481 e. The first-order valence-corrected chi connectivity index (χ1v) is 7.50. The van der Waals surface area contributed by atoms with Crippen LogP contribution in [0.4, 0.5) is 0 Å². The molecule has 5 heteroatoms. The second kappa shape index (κ2) is 5.66. The predicted octanol–water partition coefficient (Wildman–Crippen LogP) is 4.56. The number of nitrogens with zero attached hydrogens (tertiary/aromatic N) is 1. The van der Waals surface area contributed by atoms with Gasteiger partial charge in [-0.05, 0) is 43.0 Å². The predicted molar refractivity (Wildman–Crippen MR) is 83.0 cm³/mol. The Labute approximate surface area is 132 Å². The third-order valence-electron chi connectivity index (χ3n) is 3.80. The lowest BCUT2D eigenvalue weighted by Gasteiger charge is -2.22. The first-order valence-electron chi connectivity index (χ1n) is 6.74. The van der Waals surface area contributed by atoms with Crippen molar-refractivity contribution in [1.82, 2.24) is 4.98 Å². The number of carbonyl (C=O) groups is 1. The summed E-state index contributed by atoms with van der Waals surface area (Å²) >= 11 is 12.0. The second-order valence-electron chi connectivity index (χ2n) is 5.14. The lowest BCUT2D eigenvalue weighted by molar-refractivity contribution is -0.139. The molecule has 0 saturated carbocycles. The Hall–Kier alpha value is -1.58. The van der Waals surface area contributed by atoms with Crippen LogP contribution in [0, 0.1) is 0 Å². The number of halogens is 2. The zero-order chi connectivity index (χ0) is 15.0. The monoisotopic (exact) mass is 321 g/mol. The molecule has 1 aliphatic rings. The van der Waals surface area contributed by atoms with Gasteiger partial charge in [0.25, 0.3) is 0 Å². The van der Waals surface area contributed by atoms with Crippen molar-refractivity contribution in [3.8, 4) is 11.3 Å². The number of hydrogen-bond acceptors (Lipinski definition) is 2. The topological polar surface area (TPSA) is 50.2 Å². The van der Waals surface area contributed by atoms with E-state index in [1.54, 1.807) is 12.1 Å². The van der Waals surface area contributed by atoms with Crippen molar-refractivity contribution in [3.05, 3.63) is 51.6 Å². The molecule has 0 fully saturated rings. The molecule has 0 bridgehead atoms. The minimum Gasteiger partial charge on any atom is -0.481 e. The van der Waals surface area contributed by atoms with Crippen LogP contribution in [-0.2, 0) is 11.2 Å². The molecule has 0 radical (unpaired) electrons. The van der Waals surface area contributed by atoms with Crippen LogP contribution >= 0.6 is 23.2 Å². The average Bonchev–Trinajstić information content (AvgIpc) is 2.48. The first-order chi connectivity index (χ1) is 10.1. The Morgan fingerprint density at radius 1 is 1.19 bits per heavy atom. The fraction of sp³-hybridized carbons (Fsp3) is 0.250. The molecule has 1 aromatic heterocycles. The van der Waals surface area contributed by atoms with Crippen LogP contribution < -0.4 is 0 Å². The molecule has 108 valence electrons. The van der Waals surface area contributed by atoms with Gasteiger partial charge >= 0.3 is 5.97 Å². The van der Waals surface area contributed by atoms with Gasteiger partial charge in [-0.25, -0.2) is 0 Å². The van der Waals surface area contributed by atoms with E-state index in [4.69, 9.17) is 23.2 Å². The van der Waals surface area contributed by atoms with Crippen LogP contribution in [-0.4, -0.2) is 16.1 Å². The maximum atomic E-state index is 11.3. The number of rotatable bonds is 2. The summed E-state index contributed by atoms with van der Waals surface area (Å²) in [5.74, 6) is -1.22. The number of carboxylic acid groups (broad SMARTS) is 1. The molecule has 1 heterocycles. The molecule has 0 saturated heterocycles. The number of hydrogen-bond donors (Lipinski definition) is 1. The van der Waals surface area contributed by atoms with Gasteiger partial charge in [-0.3, -0.25) is 9.78 Å². The van der Waals surface area contributed by atoms with Gasteiger partial charge < -0.3 is 5.11 Å². The molecule has 2 aromatic rings. The van der Waals surface area contributed by atoms with Crippen molar-refractivity contribution in [2.75, 3.05) is 0 Å². The summed E-state index contributed by atoms with van der Waals surface area (Å²) in [5, 5.41) is 10.3. The molecule has 0 aliphatic heterocycles. The Morgan fingerprint density at radius 3 is 2.71 bits per heavy atom. The van der Waals surface area contributed by atoms with E-state index in [2.05, 4.69) is 4.98 Å². The highest BCUT2D eigenvalue weighted by Crippen LogP contribution is 2.33. The van der Waals surface area contributed by atoms with Gasteiger partial charge in [0, 0.05) is 11.3 Å². The van der Waals surface area contributed by atoms with Gasteiger partial charge in [-0.2, -0.15) is 0 Å². The number of aromatic nitrogens is 1. The number of carboxylic acids is 1. The molecule has 1 aromatic carbocycles. The summed E-state index contributed by atoms with van der Waals surface area (Å²) in [5.41, 5.74) is 3.37. The summed E-state index contributed by atoms with van der Waals surface area (Å²) in [6.07, 6.45) is 2.34. The maximum Gasteiger partial charge on any atom is 0.311 e. The zero-order valence-electron chi connectivity index (χ0n) is 11.1. The molecular formula is C16H13Cl2NO2. The molecule has 0 spiro atoms. The Kier molecular flexibility index (Phi) is 3.87. The second-order valence-corrected chi connectivity index (χ2v) is 5.96. The molecule has 0 amide bonds. The molecule has 21 heavy (non-hydrogen) atoms. The fourth-order valence-corrected chi connectivity index (χ4v) is 3.03. The molecule has 3 nitrogen and oxygen atoms in total. The summed E-state index contributed by atoms with van der Waals surface area (Å²) < 4.78 is 0. The van der Waals surface area contributed by atoms with Gasteiger partial charge in [0.15, 0.2) is 0 Å². The molecule has 1 atom stereocenters. The zero-order valence-corrected chi connectivity index (χ0v) is 12.7. The van der Waals surface area contributed by atoms with Crippen LogP contribution in [0.5, 0.6) is 0 Å². The van der Waals surface area contributed by atoms with E-state index in [0.717, 1.165) is 35.4 Å². The quantitative estimate of drug-likeness (QED) is 0.882. The number of pyridine rings is 1. The molecular weight excluding hydrogens is 309 g/mol. The van der Waals surface area contributed by atoms with E-state index in [1.807, 2.05) is 18.2 Å². The lowest BCUT2D eigenvalue weighted by Crippen LogP contribution is -2.19. The maximum absolute atomic E-state index is 11.3. The van der Waals surface area contributed by atoms with Crippen molar-refractivity contribution in [2.45, 2.75) is 25.2 Å². The van der Waals surface area contributed by atoms with Crippen LogP contribution in [0.2, 0.25) is 10.0 Å². The number of fused-ring (bicyclic) bond motifs is 1. The Balaban J connectivity index is 2.03. The van der Waals surface area contributed by atoms with E-state index in [1.165, 1.54) is 0 Å². The summed E-state index contributed by atoms with van der Waals surface area (Å²) in [6, 6.07) is 9.09. The van der Waals surface area contributed by atoms with E-state index >= 15 is 0 Å². The third-order valence-corrected chi connectivity index (χ3v) is 4.54. The third kappa shape index (κ3) is 2.76. The van der Waals surface area contributed by atoms with Crippen molar-refractivity contribution < 1.29 is 9.90 Å². The van der Waals surface area contributed by atoms with Crippen molar-refractivity contribution in [3.63, 3.8) is 0 Å². The van der Waals surface area contributed by atoms with E-state index in [0.29, 0.717) is 16.5 Å². The first kappa shape index (κ1) is 14.4. The summed E-state index contributed by atoms with van der Waals surface area (Å²) in [4.78, 5) is 15.9. The van der Waals surface area contributed by atoms with Crippen molar-refractivity contribution in [2.24, 2.45) is 0 Å². The minimum atomic E-state index is -0.778. The number of benzene rings is 1. The smallest absolute Gasteiger partial charge is 0.311 e. The molecule has 3 rings (SSSR count). The van der Waals surface area contributed by atoms with Crippen LogP contribution in [0.25, 0.3) is 11.3 Å². The van der Waals surface area contributed by atoms with Crippen LogP contribution in [0.3, 0.4) is 0 Å². The summed E-state index contributed by atoms with van der Waals surface area (Å²) in [6.45, 7) is 0. The van der Waals surface area contributed by atoms with Crippen molar-refractivity contribution >= 4 is 29.2 Å². The molecule has 1 N–H and O–H groups in total. The van der Waals surface area contributed by atoms with Gasteiger partial charge in [0.05, 0.1) is 21.7 Å². The van der Waals surface area contributed by atoms with E-state index < -0.39 is 11.9 Å². The highest BCUT2D eigenvalue weighted by atomic mass is 35.5. The van der Waals surface area contributed by atoms with E-state index in [-0.39, 0.29) is 0 Å². The normalized spacial score (nSPS) is 17.3. The van der Waals surface area contributed by atoms with Gasteiger partial charge in [0.1, 0.15) is 0 Å².